The van der Waals surface area contributed by atoms with Gasteiger partial charge in [0.05, 0.1) is 6.54 Å². The van der Waals surface area contributed by atoms with Crippen molar-refractivity contribution in [3.63, 3.8) is 0 Å². The van der Waals surface area contributed by atoms with Gasteiger partial charge in [0, 0.05) is 6.54 Å². The summed E-state index contributed by atoms with van der Waals surface area (Å²) in [6, 6.07) is -0.858. The number of carbonyl (C=O) groups is 4. The molecule has 9 nitrogen and oxygen atoms in total. The normalized spacial score (nSPS) is 28.0. The molecule has 0 unspecified atom stereocenters. The molecule has 2 aliphatic rings. The van der Waals surface area contributed by atoms with Crippen LogP contribution in [0.3, 0.4) is 0 Å². The molecule has 0 spiro atoms. The number of nitrogens with zero attached hydrogens (tertiary/aromatic N) is 1. The second kappa shape index (κ2) is 5.45. The number of amides is 2. The molecule has 3 N–H and O–H groups in total. The van der Waals surface area contributed by atoms with Crippen LogP contribution < -0.4 is 5.32 Å². The predicted molar refractivity (Wildman–Crippen MR) is 61.7 cm³/mol. The number of carboxylic acids is 2. The fourth-order valence-electron chi connectivity index (χ4n) is 2.19. The van der Waals surface area contributed by atoms with E-state index in [1.165, 1.54) is 4.90 Å². The number of ether oxygens (including phenoxy) is 1. The van der Waals surface area contributed by atoms with Crippen molar-refractivity contribution in [1.82, 2.24) is 10.2 Å². The van der Waals surface area contributed by atoms with Crippen LogP contribution in [0, 0.1) is 0 Å². The van der Waals surface area contributed by atoms with Crippen LogP contribution in [-0.2, 0) is 23.9 Å². The topological polar surface area (TPSA) is 137 Å². The van der Waals surface area contributed by atoms with Crippen molar-refractivity contribution in [2.75, 3.05) is 13.1 Å². The smallest absolute Gasteiger partial charge is 0.336 e. The molecule has 0 bridgehead atoms. The average molecular weight is 286 g/mol. The molecule has 0 aromatic heterocycles. The highest BCUT2D eigenvalue weighted by Crippen LogP contribution is 2.22. The SMILES string of the molecule is O=C(O)[C@@H]1O[C@H]1C(=O)NCC(=O)N1CCC[C@H]1C(=O)O. The maximum atomic E-state index is 11.8. The molecule has 110 valence electrons. The highest BCUT2D eigenvalue weighted by molar-refractivity contribution is 5.94. The predicted octanol–water partition coefficient (Wildman–Crippen LogP) is -1.97. The second-order valence-corrected chi connectivity index (χ2v) is 4.62. The van der Waals surface area contributed by atoms with Crippen LogP contribution in [0.1, 0.15) is 12.8 Å². The fraction of sp³-hybridized carbons (Fsp3) is 0.636. The van der Waals surface area contributed by atoms with E-state index < -0.39 is 42.0 Å². The Morgan fingerprint density at radius 2 is 1.85 bits per heavy atom. The minimum absolute atomic E-state index is 0.337. The summed E-state index contributed by atoms with van der Waals surface area (Å²) in [4.78, 5) is 45.9. The highest BCUT2D eigenvalue weighted by atomic mass is 16.6. The number of hydrogen-bond donors (Lipinski definition) is 3. The Hall–Kier alpha value is -2.16. The Kier molecular flexibility index (Phi) is 3.89. The van der Waals surface area contributed by atoms with E-state index in [1.807, 2.05) is 0 Å². The summed E-state index contributed by atoms with van der Waals surface area (Å²) in [6.45, 7) is -0.0296. The molecule has 2 rings (SSSR count). The molecule has 0 saturated carbocycles. The van der Waals surface area contributed by atoms with E-state index in [4.69, 9.17) is 10.2 Å². The van der Waals surface area contributed by atoms with Crippen LogP contribution in [0.5, 0.6) is 0 Å². The van der Waals surface area contributed by atoms with Gasteiger partial charge in [-0.05, 0) is 12.8 Å². The fourth-order valence-corrected chi connectivity index (χ4v) is 2.19. The van der Waals surface area contributed by atoms with Gasteiger partial charge in [0.25, 0.3) is 5.91 Å². The Morgan fingerprint density at radius 3 is 2.40 bits per heavy atom. The zero-order chi connectivity index (χ0) is 14.9. The highest BCUT2D eigenvalue weighted by Gasteiger charge is 2.50. The number of likely N-dealkylation sites (tertiary alicyclic amines) is 1. The van der Waals surface area contributed by atoms with Gasteiger partial charge in [-0.15, -0.1) is 0 Å². The lowest BCUT2D eigenvalue weighted by molar-refractivity contribution is -0.148. The first-order valence-corrected chi connectivity index (χ1v) is 6.10. The van der Waals surface area contributed by atoms with Crippen LogP contribution in [0.2, 0.25) is 0 Å². The van der Waals surface area contributed by atoms with Crippen molar-refractivity contribution >= 4 is 23.8 Å². The zero-order valence-corrected chi connectivity index (χ0v) is 10.4. The molecule has 9 heteroatoms. The van der Waals surface area contributed by atoms with E-state index in [9.17, 15) is 19.2 Å². The molecule has 2 amide bonds. The van der Waals surface area contributed by atoms with Gasteiger partial charge in [-0.2, -0.15) is 0 Å². The third-order valence-corrected chi connectivity index (χ3v) is 3.27. The van der Waals surface area contributed by atoms with Crippen LogP contribution >= 0.6 is 0 Å². The minimum Gasteiger partial charge on any atom is -0.480 e. The van der Waals surface area contributed by atoms with Crippen LogP contribution in [0.4, 0.5) is 0 Å². The largest absolute Gasteiger partial charge is 0.480 e. The van der Waals surface area contributed by atoms with Gasteiger partial charge < -0.3 is 25.2 Å². The molecule has 0 aliphatic carbocycles. The summed E-state index contributed by atoms with van der Waals surface area (Å²) in [5.74, 6) is -3.49. The van der Waals surface area contributed by atoms with Gasteiger partial charge in [-0.1, -0.05) is 0 Å². The number of carboxylic acid groups (broad SMARTS) is 2. The third kappa shape index (κ3) is 2.87. The molecule has 2 fully saturated rings. The summed E-state index contributed by atoms with van der Waals surface area (Å²) >= 11 is 0. The van der Waals surface area contributed by atoms with Gasteiger partial charge >= 0.3 is 11.9 Å². The third-order valence-electron chi connectivity index (χ3n) is 3.27. The average Bonchev–Trinajstić information content (AvgIpc) is 3.04. The first kappa shape index (κ1) is 14.3. The lowest BCUT2D eigenvalue weighted by Crippen LogP contribution is -2.46. The summed E-state index contributed by atoms with van der Waals surface area (Å²) < 4.78 is 4.63. The van der Waals surface area contributed by atoms with E-state index in [1.54, 1.807) is 0 Å². The number of nitrogens with one attached hydrogen (secondary N) is 1. The molecule has 0 aromatic rings. The van der Waals surface area contributed by atoms with Crippen molar-refractivity contribution < 1.29 is 34.1 Å². The van der Waals surface area contributed by atoms with Crippen molar-refractivity contribution in [2.24, 2.45) is 0 Å². The lowest BCUT2D eigenvalue weighted by Gasteiger charge is -2.21. The summed E-state index contributed by atoms with van der Waals surface area (Å²) in [7, 11) is 0. The molecule has 0 aromatic carbocycles. The molecule has 2 aliphatic heterocycles. The van der Waals surface area contributed by atoms with E-state index >= 15 is 0 Å². The van der Waals surface area contributed by atoms with Gasteiger partial charge in [-0.3, -0.25) is 9.59 Å². The Morgan fingerprint density at radius 1 is 1.15 bits per heavy atom. The van der Waals surface area contributed by atoms with E-state index in [2.05, 4.69) is 10.1 Å². The maximum Gasteiger partial charge on any atom is 0.336 e. The Labute approximate surface area is 113 Å². The summed E-state index contributed by atoms with van der Waals surface area (Å²) in [6.07, 6.45) is -1.25. The Bertz CT molecular complexity index is 464. The van der Waals surface area contributed by atoms with Crippen LogP contribution in [-0.4, -0.2) is 70.2 Å². The Balaban J connectivity index is 1.79. The van der Waals surface area contributed by atoms with E-state index in [0.29, 0.717) is 19.4 Å². The summed E-state index contributed by atoms with van der Waals surface area (Å²) in [5, 5.41) is 19.8. The first-order chi connectivity index (χ1) is 9.41. The monoisotopic (exact) mass is 286 g/mol. The van der Waals surface area contributed by atoms with E-state index in [-0.39, 0.29) is 6.54 Å². The van der Waals surface area contributed by atoms with Gasteiger partial charge in [0.1, 0.15) is 6.04 Å². The first-order valence-electron chi connectivity index (χ1n) is 6.10. The minimum atomic E-state index is -1.23. The number of carbonyl (C=O) groups excluding carboxylic acids is 2. The standard InChI is InChI=1S/C11H14N2O7/c14-6(13-3-1-2-5(13)10(16)17)4-12-9(15)7-8(20-7)11(18)19/h5,7-8H,1-4H2,(H,12,15)(H,16,17)(H,18,19)/t5-,7+,8+/m0/s1. The van der Waals surface area contributed by atoms with Gasteiger partial charge in [-0.25, -0.2) is 9.59 Å². The van der Waals surface area contributed by atoms with Crippen molar-refractivity contribution in [2.45, 2.75) is 31.1 Å². The molecule has 2 heterocycles. The second-order valence-electron chi connectivity index (χ2n) is 4.62. The van der Waals surface area contributed by atoms with Gasteiger partial charge in [0.2, 0.25) is 5.91 Å². The lowest BCUT2D eigenvalue weighted by atomic mass is 10.2. The number of epoxide rings is 1. The van der Waals surface area contributed by atoms with Crippen LogP contribution in [0.15, 0.2) is 0 Å². The number of rotatable bonds is 5. The summed E-state index contributed by atoms with van der Waals surface area (Å²) in [5.41, 5.74) is 0. The number of aliphatic carboxylic acids is 2. The maximum absolute atomic E-state index is 11.8. The van der Waals surface area contributed by atoms with Crippen LogP contribution in [0.25, 0.3) is 0 Å². The zero-order valence-electron chi connectivity index (χ0n) is 10.4. The molecule has 0 radical (unpaired) electrons. The molecular formula is C11H14N2O7. The van der Waals surface area contributed by atoms with Crippen molar-refractivity contribution in [3.8, 4) is 0 Å². The number of hydrogen-bond acceptors (Lipinski definition) is 5. The molecule has 20 heavy (non-hydrogen) atoms. The van der Waals surface area contributed by atoms with Crippen molar-refractivity contribution in [1.29, 1.82) is 0 Å². The molecule has 3 atom stereocenters. The van der Waals surface area contributed by atoms with Crippen molar-refractivity contribution in [3.05, 3.63) is 0 Å². The van der Waals surface area contributed by atoms with E-state index in [0.717, 1.165) is 0 Å². The molecular weight excluding hydrogens is 272 g/mol. The molecule has 2 saturated heterocycles. The quantitative estimate of drug-likeness (QED) is 0.498. The van der Waals surface area contributed by atoms with Gasteiger partial charge in [0.15, 0.2) is 12.2 Å².